The molecule has 5 heteroatoms. The van der Waals surface area contributed by atoms with Crippen LogP contribution in [0, 0.1) is 10.1 Å². The van der Waals surface area contributed by atoms with Crippen LogP contribution < -0.4 is 5.32 Å². The maximum Gasteiger partial charge on any atom is 0.272 e. The Bertz CT molecular complexity index is 561. The van der Waals surface area contributed by atoms with E-state index in [1.165, 1.54) is 0 Å². The van der Waals surface area contributed by atoms with E-state index in [1.807, 2.05) is 49.5 Å². The van der Waals surface area contributed by atoms with Gasteiger partial charge >= 0.3 is 0 Å². The van der Waals surface area contributed by atoms with Gasteiger partial charge in [0.15, 0.2) is 0 Å². The fourth-order valence-electron chi connectivity index (χ4n) is 2.15. The molecule has 0 heterocycles. The molecule has 0 aromatic heterocycles. The summed E-state index contributed by atoms with van der Waals surface area (Å²) in [5, 5.41) is 14.2. The highest BCUT2D eigenvalue weighted by atomic mass is 35.5. The van der Waals surface area contributed by atoms with Crippen molar-refractivity contribution >= 4 is 18.1 Å². The molecule has 0 aliphatic heterocycles. The van der Waals surface area contributed by atoms with Crippen molar-refractivity contribution in [1.29, 1.82) is 0 Å². The maximum absolute atomic E-state index is 11.0. The van der Waals surface area contributed by atoms with Gasteiger partial charge in [-0.05, 0) is 19.0 Å². The minimum absolute atomic E-state index is 0. The molecular formula is C15H17ClN2O2. The number of nitrogens with zero attached hydrogens (tertiary/aromatic N) is 1. The SMILES string of the molecule is CNC(Cc1ccccc1[N+](=O)[O-])c1ccccc1.Cl. The summed E-state index contributed by atoms with van der Waals surface area (Å²) in [5.74, 6) is 0. The van der Waals surface area contributed by atoms with E-state index in [0.29, 0.717) is 6.42 Å². The molecule has 0 bridgehead atoms. The van der Waals surface area contributed by atoms with Crippen molar-refractivity contribution in [2.24, 2.45) is 0 Å². The zero-order valence-corrected chi connectivity index (χ0v) is 12.0. The van der Waals surface area contributed by atoms with Crippen LogP contribution in [0.3, 0.4) is 0 Å². The summed E-state index contributed by atoms with van der Waals surface area (Å²) in [5.41, 5.74) is 2.05. The van der Waals surface area contributed by atoms with Gasteiger partial charge < -0.3 is 5.32 Å². The quantitative estimate of drug-likeness (QED) is 0.677. The minimum Gasteiger partial charge on any atom is -0.313 e. The van der Waals surface area contributed by atoms with Gasteiger partial charge in [-0.25, -0.2) is 0 Å². The Labute approximate surface area is 124 Å². The third kappa shape index (κ3) is 3.79. The molecule has 0 aliphatic carbocycles. The first kappa shape index (κ1) is 16.1. The first-order chi connectivity index (χ1) is 9.22. The van der Waals surface area contributed by atoms with Crippen LogP contribution in [-0.4, -0.2) is 12.0 Å². The van der Waals surface area contributed by atoms with E-state index in [4.69, 9.17) is 0 Å². The van der Waals surface area contributed by atoms with Crippen LogP contribution in [0.15, 0.2) is 54.6 Å². The summed E-state index contributed by atoms with van der Waals surface area (Å²) < 4.78 is 0. The lowest BCUT2D eigenvalue weighted by Gasteiger charge is -2.16. The molecule has 0 radical (unpaired) electrons. The van der Waals surface area contributed by atoms with Crippen molar-refractivity contribution < 1.29 is 4.92 Å². The Kier molecular flexibility index (Phi) is 6.15. The lowest BCUT2D eigenvalue weighted by atomic mass is 9.98. The van der Waals surface area contributed by atoms with E-state index < -0.39 is 0 Å². The largest absolute Gasteiger partial charge is 0.313 e. The molecule has 20 heavy (non-hydrogen) atoms. The molecule has 0 saturated heterocycles. The first-order valence-corrected chi connectivity index (χ1v) is 6.17. The van der Waals surface area contributed by atoms with Gasteiger partial charge in [0.25, 0.3) is 5.69 Å². The van der Waals surface area contributed by atoms with Gasteiger partial charge in [-0.2, -0.15) is 0 Å². The molecule has 1 N–H and O–H groups in total. The fourth-order valence-corrected chi connectivity index (χ4v) is 2.15. The molecule has 2 aromatic carbocycles. The number of hydrogen-bond donors (Lipinski definition) is 1. The van der Waals surface area contributed by atoms with Crippen molar-refractivity contribution in [3.05, 3.63) is 75.8 Å². The number of hydrogen-bond acceptors (Lipinski definition) is 3. The number of nitro groups is 1. The lowest BCUT2D eigenvalue weighted by Crippen LogP contribution is -2.19. The van der Waals surface area contributed by atoms with Gasteiger partial charge in [-0.1, -0.05) is 48.5 Å². The number of likely N-dealkylation sites (N-methyl/N-ethyl adjacent to an activating group) is 1. The Hall–Kier alpha value is -1.91. The highest BCUT2D eigenvalue weighted by Crippen LogP contribution is 2.24. The molecule has 106 valence electrons. The predicted molar refractivity (Wildman–Crippen MR) is 82.3 cm³/mol. The van der Waals surface area contributed by atoms with E-state index in [0.717, 1.165) is 11.1 Å². The molecule has 4 nitrogen and oxygen atoms in total. The molecule has 0 saturated carbocycles. The average molecular weight is 293 g/mol. The van der Waals surface area contributed by atoms with Gasteiger partial charge in [-0.3, -0.25) is 10.1 Å². The second-order valence-electron chi connectivity index (χ2n) is 4.34. The summed E-state index contributed by atoms with van der Waals surface area (Å²) >= 11 is 0. The van der Waals surface area contributed by atoms with E-state index in [-0.39, 0.29) is 29.1 Å². The van der Waals surface area contributed by atoms with Crippen molar-refractivity contribution in [3.63, 3.8) is 0 Å². The normalized spacial score (nSPS) is 11.4. The van der Waals surface area contributed by atoms with Crippen LogP contribution >= 0.6 is 12.4 Å². The standard InChI is InChI=1S/C15H16N2O2.ClH/c1-16-14(12-7-3-2-4-8-12)11-13-9-5-6-10-15(13)17(18)19;/h2-10,14,16H,11H2,1H3;1H. The van der Waals surface area contributed by atoms with E-state index in [9.17, 15) is 10.1 Å². The van der Waals surface area contributed by atoms with Crippen LogP contribution in [0.4, 0.5) is 5.69 Å². The van der Waals surface area contributed by atoms with Crippen LogP contribution in [0.25, 0.3) is 0 Å². The van der Waals surface area contributed by atoms with Crippen LogP contribution in [-0.2, 0) is 6.42 Å². The molecule has 0 aliphatic rings. The second kappa shape index (κ2) is 7.62. The van der Waals surface area contributed by atoms with Crippen LogP contribution in [0.1, 0.15) is 17.2 Å². The van der Waals surface area contributed by atoms with Crippen LogP contribution in [0.5, 0.6) is 0 Å². The Morgan fingerprint density at radius 1 is 1.10 bits per heavy atom. The molecule has 2 rings (SSSR count). The number of rotatable bonds is 5. The lowest BCUT2D eigenvalue weighted by molar-refractivity contribution is -0.385. The van der Waals surface area contributed by atoms with Crippen molar-refractivity contribution in [1.82, 2.24) is 5.32 Å². The van der Waals surface area contributed by atoms with E-state index in [1.54, 1.807) is 12.1 Å². The first-order valence-electron chi connectivity index (χ1n) is 6.17. The number of halogens is 1. The van der Waals surface area contributed by atoms with Gasteiger partial charge in [0.05, 0.1) is 4.92 Å². The van der Waals surface area contributed by atoms with Gasteiger partial charge in [0, 0.05) is 17.7 Å². The predicted octanol–water partition coefficient (Wildman–Crippen LogP) is 3.52. The number of nitro benzene ring substituents is 1. The zero-order chi connectivity index (χ0) is 13.7. The average Bonchev–Trinajstić information content (AvgIpc) is 2.46. The third-order valence-electron chi connectivity index (χ3n) is 3.16. The topological polar surface area (TPSA) is 55.2 Å². The minimum atomic E-state index is -0.326. The Balaban J connectivity index is 0.00000200. The summed E-state index contributed by atoms with van der Waals surface area (Å²) in [4.78, 5) is 10.7. The Morgan fingerprint density at radius 2 is 1.70 bits per heavy atom. The second-order valence-corrected chi connectivity index (χ2v) is 4.34. The molecule has 0 amide bonds. The van der Waals surface area contributed by atoms with Crippen LogP contribution in [0.2, 0.25) is 0 Å². The third-order valence-corrected chi connectivity index (χ3v) is 3.16. The van der Waals surface area contributed by atoms with Crippen molar-refractivity contribution in [3.8, 4) is 0 Å². The molecule has 1 atom stereocenters. The molecule has 1 unspecified atom stereocenters. The van der Waals surface area contributed by atoms with Crippen molar-refractivity contribution in [2.45, 2.75) is 12.5 Å². The zero-order valence-electron chi connectivity index (χ0n) is 11.2. The van der Waals surface area contributed by atoms with Crippen molar-refractivity contribution in [2.75, 3.05) is 7.05 Å². The fraction of sp³-hybridized carbons (Fsp3) is 0.200. The smallest absolute Gasteiger partial charge is 0.272 e. The van der Waals surface area contributed by atoms with Gasteiger partial charge in [0.2, 0.25) is 0 Å². The monoisotopic (exact) mass is 292 g/mol. The van der Waals surface area contributed by atoms with Gasteiger partial charge in [0.1, 0.15) is 0 Å². The summed E-state index contributed by atoms with van der Waals surface area (Å²) in [6.07, 6.45) is 0.595. The summed E-state index contributed by atoms with van der Waals surface area (Å²) in [6, 6.07) is 16.9. The number of benzene rings is 2. The highest BCUT2D eigenvalue weighted by Gasteiger charge is 2.17. The number of nitrogens with one attached hydrogen (secondary N) is 1. The van der Waals surface area contributed by atoms with E-state index in [2.05, 4.69) is 5.32 Å². The highest BCUT2D eigenvalue weighted by molar-refractivity contribution is 5.85. The molecule has 2 aromatic rings. The molecular weight excluding hydrogens is 276 g/mol. The molecule has 0 spiro atoms. The molecule has 0 fully saturated rings. The Morgan fingerprint density at radius 3 is 2.30 bits per heavy atom. The summed E-state index contributed by atoms with van der Waals surface area (Å²) in [7, 11) is 1.87. The number of para-hydroxylation sites is 1. The summed E-state index contributed by atoms with van der Waals surface area (Å²) in [6.45, 7) is 0. The van der Waals surface area contributed by atoms with Gasteiger partial charge in [-0.15, -0.1) is 12.4 Å². The maximum atomic E-state index is 11.0. The van der Waals surface area contributed by atoms with E-state index >= 15 is 0 Å².